The van der Waals surface area contributed by atoms with Crippen LogP contribution < -0.4 is 5.32 Å². The number of alkyl halides is 3. The molecule has 0 aliphatic heterocycles. The molecule has 3 rings (SSSR count). The van der Waals surface area contributed by atoms with E-state index in [0.717, 1.165) is 19.3 Å². The van der Waals surface area contributed by atoms with E-state index < -0.39 is 23.6 Å². The van der Waals surface area contributed by atoms with Gasteiger partial charge in [0.05, 0.1) is 28.5 Å². The Kier molecular flexibility index (Phi) is 7.55. The third-order valence-electron chi connectivity index (χ3n) is 4.74. The second kappa shape index (κ2) is 10.2. The Labute approximate surface area is 190 Å². The van der Waals surface area contributed by atoms with E-state index in [4.69, 9.17) is 4.74 Å². The Morgan fingerprint density at radius 1 is 1.06 bits per heavy atom. The lowest BCUT2D eigenvalue weighted by atomic mass is 10.1. The standard InChI is InChI=1S/C23H28F3N5O2/c1-22(2,3)33-21(32)27-12-8-4-5-9-13-31-15-16(20(30-31)23(24,25)26)19-14-28-17-10-6-7-11-18(17)29-19/h6-7,10-11,14-15H,4-5,8-9,12-13H2,1-3H3,(H,27,32). The summed E-state index contributed by atoms with van der Waals surface area (Å²) in [5.41, 5.74) is -0.309. The molecule has 7 nitrogen and oxygen atoms in total. The number of nitrogens with zero attached hydrogens (tertiary/aromatic N) is 4. The maximum absolute atomic E-state index is 13.6. The van der Waals surface area contributed by atoms with Gasteiger partial charge in [-0.1, -0.05) is 25.0 Å². The number of halogens is 3. The van der Waals surface area contributed by atoms with Gasteiger partial charge in [0, 0.05) is 19.3 Å². The lowest BCUT2D eigenvalue weighted by molar-refractivity contribution is -0.141. The summed E-state index contributed by atoms with van der Waals surface area (Å²) in [5.74, 6) is 0. The molecule has 0 unspecified atom stereocenters. The highest BCUT2D eigenvalue weighted by atomic mass is 19.4. The Hall–Kier alpha value is -3.17. The number of ether oxygens (including phenoxy) is 1. The van der Waals surface area contributed by atoms with Crippen LogP contribution in [0.25, 0.3) is 22.3 Å². The average molecular weight is 464 g/mol. The molecule has 1 aromatic carbocycles. The van der Waals surface area contributed by atoms with E-state index in [1.807, 2.05) is 0 Å². The largest absolute Gasteiger partial charge is 0.444 e. The van der Waals surface area contributed by atoms with Crippen LogP contribution in [0.1, 0.15) is 52.1 Å². The summed E-state index contributed by atoms with van der Waals surface area (Å²) in [4.78, 5) is 20.1. The highest BCUT2D eigenvalue weighted by Crippen LogP contribution is 2.35. The van der Waals surface area contributed by atoms with E-state index in [-0.39, 0.29) is 11.3 Å². The number of aryl methyl sites for hydroxylation is 1. The molecule has 0 atom stereocenters. The molecular formula is C23H28F3N5O2. The summed E-state index contributed by atoms with van der Waals surface area (Å²) in [6, 6.07) is 7.02. The van der Waals surface area contributed by atoms with Gasteiger partial charge in [0.15, 0.2) is 5.69 Å². The fraction of sp³-hybridized carbons (Fsp3) is 0.478. The van der Waals surface area contributed by atoms with Crippen LogP contribution in [0, 0.1) is 0 Å². The van der Waals surface area contributed by atoms with Crippen molar-refractivity contribution in [3.05, 3.63) is 42.4 Å². The summed E-state index contributed by atoms with van der Waals surface area (Å²) in [6.45, 7) is 6.22. The molecule has 178 valence electrons. The zero-order chi connectivity index (χ0) is 24.1. The van der Waals surface area contributed by atoms with Gasteiger partial charge in [-0.3, -0.25) is 9.67 Å². The quantitative estimate of drug-likeness (QED) is 0.440. The normalized spacial score (nSPS) is 12.2. The molecule has 1 N–H and O–H groups in total. The van der Waals surface area contributed by atoms with Gasteiger partial charge in [-0.25, -0.2) is 9.78 Å². The van der Waals surface area contributed by atoms with Crippen LogP contribution in [0.3, 0.4) is 0 Å². The third-order valence-corrected chi connectivity index (χ3v) is 4.74. The van der Waals surface area contributed by atoms with Crippen molar-refractivity contribution >= 4 is 17.1 Å². The van der Waals surface area contributed by atoms with Crippen molar-refractivity contribution in [2.45, 2.75) is 64.8 Å². The number of nitrogens with one attached hydrogen (secondary N) is 1. The predicted molar refractivity (Wildman–Crippen MR) is 118 cm³/mol. The number of hydrogen-bond donors (Lipinski definition) is 1. The zero-order valence-electron chi connectivity index (χ0n) is 18.9. The van der Waals surface area contributed by atoms with Crippen molar-refractivity contribution in [3.63, 3.8) is 0 Å². The van der Waals surface area contributed by atoms with Gasteiger partial charge in [0.25, 0.3) is 0 Å². The first-order valence-electron chi connectivity index (χ1n) is 10.9. The molecule has 0 fully saturated rings. The molecule has 0 saturated carbocycles. The molecule has 0 saturated heterocycles. The molecule has 0 spiro atoms. The fourth-order valence-corrected chi connectivity index (χ4v) is 3.28. The zero-order valence-corrected chi connectivity index (χ0v) is 18.9. The van der Waals surface area contributed by atoms with Gasteiger partial charge < -0.3 is 10.1 Å². The Morgan fingerprint density at radius 2 is 1.76 bits per heavy atom. The summed E-state index contributed by atoms with van der Waals surface area (Å²) in [5, 5.41) is 6.47. The molecule has 0 bridgehead atoms. The number of aromatic nitrogens is 4. The molecule has 0 radical (unpaired) electrons. The number of alkyl carbamates (subject to hydrolysis) is 1. The van der Waals surface area contributed by atoms with Crippen molar-refractivity contribution in [1.82, 2.24) is 25.1 Å². The first-order chi connectivity index (χ1) is 15.5. The monoisotopic (exact) mass is 463 g/mol. The maximum Gasteiger partial charge on any atom is 0.435 e. The van der Waals surface area contributed by atoms with Crippen LogP contribution in [0.15, 0.2) is 36.7 Å². The minimum Gasteiger partial charge on any atom is -0.444 e. The Balaban J connectivity index is 1.55. The van der Waals surface area contributed by atoms with Crippen LogP contribution in [0.4, 0.5) is 18.0 Å². The number of hydrogen-bond acceptors (Lipinski definition) is 5. The smallest absolute Gasteiger partial charge is 0.435 e. The van der Waals surface area contributed by atoms with E-state index in [2.05, 4.69) is 20.4 Å². The van der Waals surface area contributed by atoms with Crippen molar-refractivity contribution in [3.8, 4) is 11.3 Å². The maximum atomic E-state index is 13.6. The number of para-hydroxylation sites is 2. The van der Waals surface area contributed by atoms with Crippen molar-refractivity contribution in [2.24, 2.45) is 0 Å². The van der Waals surface area contributed by atoms with Gasteiger partial charge >= 0.3 is 12.3 Å². The van der Waals surface area contributed by atoms with Crippen LogP contribution in [-0.2, 0) is 17.5 Å². The number of fused-ring (bicyclic) bond motifs is 1. The van der Waals surface area contributed by atoms with Gasteiger partial charge in [0.2, 0.25) is 0 Å². The first-order valence-corrected chi connectivity index (χ1v) is 10.9. The predicted octanol–water partition coefficient (Wildman–Crippen LogP) is 5.60. The molecule has 3 aromatic rings. The minimum atomic E-state index is -4.60. The van der Waals surface area contributed by atoms with Crippen molar-refractivity contribution in [1.29, 1.82) is 0 Å². The molecule has 1 amide bonds. The molecule has 10 heteroatoms. The Morgan fingerprint density at radius 3 is 2.45 bits per heavy atom. The molecule has 2 aromatic heterocycles. The topological polar surface area (TPSA) is 81.9 Å². The van der Waals surface area contributed by atoms with Crippen molar-refractivity contribution in [2.75, 3.05) is 6.54 Å². The van der Waals surface area contributed by atoms with E-state index in [1.54, 1.807) is 45.0 Å². The van der Waals surface area contributed by atoms with Crippen LogP contribution in [-0.4, -0.2) is 38.0 Å². The molecule has 0 aliphatic carbocycles. The molecule has 33 heavy (non-hydrogen) atoms. The number of carbonyl (C=O) groups is 1. The second-order valence-electron chi connectivity index (χ2n) is 8.74. The van der Waals surface area contributed by atoms with E-state index in [9.17, 15) is 18.0 Å². The van der Waals surface area contributed by atoms with Gasteiger partial charge in [-0.2, -0.15) is 18.3 Å². The molecule has 2 heterocycles. The number of amides is 1. The number of benzene rings is 1. The number of unbranched alkanes of at least 4 members (excludes halogenated alkanes) is 3. The lowest BCUT2D eigenvalue weighted by Gasteiger charge is -2.19. The summed E-state index contributed by atoms with van der Waals surface area (Å²) in [7, 11) is 0. The summed E-state index contributed by atoms with van der Waals surface area (Å²) in [6.07, 6.45) is 0.708. The highest BCUT2D eigenvalue weighted by Gasteiger charge is 2.38. The highest BCUT2D eigenvalue weighted by molar-refractivity contribution is 5.77. The first kappa shape index (κ1) is 24.5. The van der Waals surface area contributed by atoms with Crippen LogP contribution in [0.5, 0.6) is 0 Å². The van der Waals surface area contributed by atoms with Gasteiger partial charge in [-0.05, 0) is 45.7 Å². The van der Waals surface area contributed by atoms with Gasteiger partial charge in [-0.15, -0.1) is 0 Å². The molecular weight excluding hydrogens is 435 g/mol. The average Bonchev–Trinajstić information content (AvgIpc) is 3.16. The second-order valence-corrected chi connectivity index (χ2v) is 8.74. The number of carbonyl (C=O) groups excluding carboxylic acids is 1. The van der Waals surface area contributed by atoms with E-state index in [1.165, 1.54) is 17.1 Å². The van der Waals surface area contributed by atoms with Crippen LogP contribution >= 0.6 is 0 Å². The summed E-state index contributed by atoms with van der Waals surface area (Å²) < 4.78 is 47.2. The van der Waals surface area contributed by atoms with Crippen LogP contribution in [0.2, 0.25) is 0 Å². The SMILES string of the molecule is CC(C)(C)OC(=O)NCCCCCCn1cc(-c2cnc3ccccc3n2)c(C(F)(F)F)n1. The minimum absolute atomic E-state index is 0.0812. The summed E-state index contributed by atoms with van der Waals surface area (Å²) >= 11 is 0. The van der Waals surface area contributed by atoms with Crippen molar-refractivity contribution < 1.29 is 22.7 Å². The Bertz CT molecular complexity index is 1090. The van der Waals surface area contributed by atoms with E-state index in [0.29, 0.717) is 30.5 Å². The van der Waals surface area contributed by atoms with Gasteiger partial charge in [0.1, 0.15) is 5.60 Å². The molecule has 0 aliphatic rings. The number of rotatable bonds is 8. The lowest BCUT2D eigenvalue weighted by Crippen LogP contribution is -2.32. The fourth-order valence-electron chi connectivity index (χ4n) is 3.28. The third kappa shape index (κ3) is 7.16. The van der Waals surface area contributed by atoms with E-state index >= 15 is 0 Å².